The van der Waals surface area contributed by atoms with Gasteiger partial charge in [-0.15, -0.1) is 0 Å². The molecule has 2 aliphatic rings. The van der Waals surface area contributed by atoms with Crippen molar-refractivity contribution < 1.29 is 19.1 Å². The Morgan fingerprint density at radius 1 is 1.17 bits per heavy atom. The molecular weight excluding hydrogens is 311 g/mol. The van der Waals surface area contributed by atoms with Crippen molar-refractivity contribution in [1.82, 2.24) is 9.80 Å². The first-order chi connectivity index (χ1) is 11.5. The Balaban J connectivity index is 1.62. The topological polar surface area (TPSA) is 60.9 Å². The number of β-amino-alcohol motifs (C(OH)–C–C–N with tert-alkyl or cyclic N) is 1. The van der Waals surface area contributed by atoms with Crippen molar-refractivity contribution in [2.24, 2.45) is 5.41 Å². The summed E-state index contributed by atoms with van der Waals surface area (Å²) in [5.41, 5.74) is 0.566. The van der Waals surface area contributed by atoms with E-state index < -0.39 is 0 Å². The monoisotopic (exact) mass is 334 g/mol. The van der Waals surface area contributed by atoms with E-state index in [-0.39, 0.29) is 29.7 Å². The number of nitrogens with zero attached hydrogens (tertiary/aromatic N) is 2. The van der Waals surface area contributed by atoms with Gasteiger partial charge < -0.3 is 14.9 Å². The molecule has 1 aromatic carbocycles. The quantitative estimate of drug-likeness (QED) is 0.915. The molecule has 2 saturated heterocycles. The largest absolute Gasteiger partial charge is 0.395 e. The van der Waals surface area contributed by atoms with Gasteiger partial charge in [-0.25, -0.2) is 4.39 Å². The number of benzene rings is 1. The van der Waals surface area contributed by atoms with Gasteiger partial charge in [0.05, 0.1) is 6.61 Å². The fourth-order valence-electron chi connectivity index (χ4n) is 3.79. The van der Waals surface area contributed by atoms with E-state index in [4.69, 9.17) is 5.11 Å². The number of halogens is 1. The van der Waals surface area contributed by atoms with Gasteiger partial charge in [-0.2, -0.15) is 0 Å². The molecule has 6 heteroatoms. The Bertz CT molecular complexity index is 609. The average molecular weight is 334 g/mol. The summed E-state index contributed by atoms with van der Waals surface area (Å²) in [4.78, 5) is 28.0. The van der Waals surface area contributed by atoms with Crippen molar-refractivity contribution in [3.05, 3.63) is 35.6 Å². The summed E-state index contributed by atoms with van der Waals surface area (Å²) in [7, 11) is 0. The third kappa shape index (κ3) is 3.43. The molecule has 2 aliphatic heterocycles. The highest BCUT2D eigenvalue weighted by Gasteiger charge is 2.41. The molecule has 24 heavy (non-hydrogen) atoms. The molecule has 0 unspecified atom stereocenters. The van der Waals surface area contributed by atoms with E-state index >= 15 is 0 Å². The molecule has 0 atom stereocenters. The van der Waals surface area contributed by atoms with Crippen molar-refractivity contribution in [3.63, 3.8) is 0 Å². The molecule has 0 saturated carbocycles. The average Bonchev–Trinajstić information content (AvgIpc) is 2.59. The van der Waals surface area contributed by atoms with E-state index in [2.05, 4.69) is 0 Å². The van der Waals surface area contributed by atoms with Crippen LogP contribution in [0.15, 0.2) is 24.3 Å². The van der Waals surface area contributed by atoms with Gasteiger partial charge in [0.15, 0.2) is 0 Å². The van der Waals surface area contributed by atoms with Gasteiger partial charge in [-0.05, 0) is 48.9 Å². The number of aliphatic hydroxyl groups is 1. The second-order valence-corrected chi connectivity index (χ2v) is 6.84. The van der Waals surface area contributed by atoms with E-state index in [1.54, 1.807) is 4.90 Å². The summed E-state index contributed by atoms with van der Waals surface area (Å²) < 4.78 is 13.0. The SMILES string of the molecule is O=C1CCC2(CCN(C(=O)c3ccc(F)cc3)CC2)CN1CCO. The number of aliphatic hydroxyl groups excluding tert-OH is 1. The zero-order chi connectivity index (χ0) is 17.2. The van der Waals surface area contributed by atoms with Gasteiger partial charge in [-0.1, -0.05) is 0 Å². The fourth-order valence-corrected chi connectivity index (χ4v) is 3.79. The van der Waals surface area contributed by atoms with E-state index in [1.807, 2.05) is 4.90 Å². The first-order valence-corrected chi connectivity index (χ1v) is 8.46. The number of piperidine rings is 2. The summed E-state index contributed by atoms with van der Waals surface area (Å²) in [5, 5.41) is 9.11. The lowest BCUT2D eigenvalue weighted by atomic mass is 9.72. The van der Waals surface area contributed by atoms with E-state index in [1.165, 1.54) is 24.3 Å². The van der Waals surface area contributed by atoms with Gasteiger partial charge in [0.2, 0.25) is 5.91 Å². The van der Waals surface area contributed by atoms with Crippen LogP contribution in [0, 0.1) is 11.2 Å². The highest BCUT2D eigenvalue weighted by molar-refractivity contribution is 5.94. The van der Waals surface area contributed by atoms with Crippen LogP contribution >= 0.6 is 0 Å². The van der Waals surface area contributed by atoms with Crippen LogP contribution in [0.1, 0.15) is 36.0 Å². The molecule has 1 spiro atoms. The van der Waals surface area contributed by atoms with Crippen LogP contribution in [0.25, 0.3) is 0 Å². The maximum absolute atomic E-state index is 13.0. The maximum atomic E-state index is 13.0. The lowest BCUT2D eigenvalue weighted by molar-refractivity contribution is -0.139. The van der Waals surface area contributed by atoms with Crippen LogP contribution in [-0.2, 0) is 4.79 Å². The highest BCUT2D eigenvalue weighted by Crippen LogP contribution is 2.40. The molecule has 0 bridgehead atoms. The second-order valence-electron chi connectivity index (χ2n) is 6.84. The van der Waals surface area contributed by atoms with Gasteiger partial charge in [-0.3, -0.25) is 9.59 Å². The van der Waals surface area contributed by atoms with Crippen LogP contribution in [0.3, 0.4) is 0 Å². The van der Waals surface area contributed by atoms with E-state index in [0.29, 0.717) is 38.2 Å². The number of hydrogen-bond donors (Lipinski definition) is 1. The minimum absolute atomic E-state index is 0.0169. The molecule has 130 valence electrons. The molecule has 1 N–H and O–H groups in total. The van der Waals surface area contributed by atoms with Gasteiger partial charge in [0.1, 0.15) is 5.82 Å². The second kappa shape index (κ2) is 6.89. The molecule has 0 aliphatic carbocycles. The number of likely N-dealkylation sites (tertiary alicyclic amines) is 2. The molecule has 3 rings (SSSR count). The number of hydrogen-bond acceptors (Lipinski definition) is 3. The standard InChI is InChI=1S/C18H23FN2O3/c19-15-3-1-14(2-4-15)17(24)20-9-7-18(8-10-20)6-5-16(23)21(13-18)11-12-22/h1-4,22H,5-13H2. The van der Waals surface area contributed by atoms with Crippen molar-refractivity contribution >= 4 is 11.8 Å². The zero-order valence-electron chi connectivity index (χ0n) is 13.7. The Labute approximate surface area is 141 Å². The Kier molecular flexibility index (Phi) is 4.85. The molecule has 2 heterocycles. The third-order valence-electron chi connectivity index (χ3n) is 5.32. The highest BCUT2D eigenvalue weighted by atomic mass is 19.1. The third-order valence-corrected chi connectivity index (χ3v) is 5.32. The Morgan fingerprint density at radius 3 is 2.46 bits per heavy atom. The lowest BCUT2D eigenvalue weighted by Gasteiger charge is -2.47. The number of rotatable bonds is 3. The van der Waals surface area contributed by atoms with Crippen LogP contribution < -0.4 is 0 Å². The van der Waals surface area contributed by atoms with Crippen molar-refractivity contribution in [1.29, 1.82) is 0 Å². The van der Waals surface area contributed by atoms with E-state index in [0.717, 1.165) is 19.3 Å². The van der Waals surface area contributed by atoms with Gasteiger partial charge in [0, 0.05) is 38.2 Å². The Hall–Kier alpha value is -1.95. The normalized spacial score (nSPS) is 20.5. The predicted octanol–water partition coefficient (Wildman–Crippen LogP) is 1.66. The molecule has 5 nitrogen and oxygen atoms in total. The summed E-state index contributed by atoms with van der Waals surface area (Å²) in [6.07, 6.45) is 3.09. The first-order valence-electron chi connectivity index (χ1n) is 8.46. The van der Waals surface area contributed by atoms with Crippen LogP contribution in [0.5, 0.6) is 0 Å². The molecule has 0 aromatic heterocycles. The summed E-state index contributed by atoms with van der Waals surface area (Å²) >= 11 is 0. The number of carbonyl (C=O) groups excluding carboxylic acids is 2. The van der Waals surface area contributed by atoms with Crippen molar-refractivity contribution in [2.75, 3.05) is 32.8 Å². The summed E-state index contributed by atoms with van der Waals surface area (Å²) in [5.74, 6) is -0.302. The number of amides is 2. The maximum Gasteiger partial charge on any atom is 0.253 e. The van der Waals surface area contributed by atoms with Gasteiger partial charge >= 0.3 is 0 Å². The minimum atomic E-state index is -0.347. The minimum Gasteiger partial charge on any atom is -0.395 e. The molecule has 0 radical (unpaired) electrons. The van der Waals surface area contributed by atoms with Crippen LogP contribution in [-0.4, -0.2) is 59.5 Å². The molecule has 1 aromatic rings. The van der Waals surface area contributed by atoms with Crippen molar-refractivity contribution in [2.45, 2.75) is 25.7 Å². The number of carbonyl (C=O) groups is 2. The fraction of sp³-hybridized carbons (Fsp3) is 0.556. The predicted molar refractivity (Wildman–Crippen MR) is 86.9 cm³/mol. The van der Waals surface area contributed by atoms with Crippen LogP contribution in [0.2, 0.25) is 0 Å². The van der Waals surface area contributed by atoms with Crippen molar-refractivity contribution in [3.8, 4) is 0 Å². The van der Waals surface area contributed by atoms with E-state index in [9.17, 15) is 14.0 Å². The summed E-state index contributed by atoms with van der Waals surface area (Å²) in [6.45, 7) is 2.34. The van der Waals surface area contributed by atoms with Gasteiger partial charge in [0.25, 0.3) is 5.91 Å². The summed E-state index contributed by atoms with van der Waals surface area (Å²) in [6, 6.07) is 5.64. The van der Waals surface area contributed by atoms with Crippen LogP contribution in [0.4, 0.5) is 4.39 Å². The molecule has 2 fully saturated rings. The lowest BCUT2D eigenvalue weighted by Crippen LogP contribution is -2.52. The zero-order valence-corrected chi connectivity index (χ0v) is 13.7. The smallest absolute Gasteiger partial charge is 0.253 e. The molecular formula is C18H23FN2O3. The first kappa shape index (κ1) is 16.9. The Morgan fingerprint density at radius 2 is 1.83 bits per heavy atom. The molecule has 2 amide bonds.